The van der Waals surface area contributed by atoms with E-state index >= 15 is 0 Å². The molecule has 0 spiro atoms. The van der Waals surface area contributed by atoms with Crippen LogP contribution < -0.4 is 14.8 Å². The Bertz CT molecular complexity index is 1370. The first kappa shape index (κ1) is 25.6. The molecule has 0 aliphatic heterocycles. The van der Waals surface area contributed by atoms with E-state index in [2.05, 4.69) is 33.2 Å². The van der Waals surface area contributed by atoms with Crippen molar-refractivity contribution in [1.29, 1.82) is 0 Å². The highest BCUT2D eigenvalue weighted by Gasteiger charge is 2.14. The summed E-state index contributed by atoms with van der Waals surface area (Å²) in [6.45, 7) is 1.56. The third-order valence-electron chi connectivity index (χ3n) is 5.33. The van der Waals surface area contributed by atoms with Crippen molar-refractivity contribution in [2.75, 3.05) is 37.8 Å². The smallest absolute Gasteiger partial charge is 0.229 e. The number of para-hydroxylation sites is 1. The number of hydrogen-bond acceptors (Lipinski definition) is 6. The second-order valence-corrected chi connectivity index (χ2v) is 9.55. The van der Waals surface area contributed by atoms with Gasteiger partial charge in [-0.15, -0.1) is 12.4 Å². The number of aromatic amines is 1. The first-order valence-corrected chi connectivity index (χ1v) is 12.4. The zero-order chi connectivity index (χ0) is 23.4. The summed E-state index contributed by atoms with van der Waals surface area (Å²) in [5, 5.41) is 15.6. The molecule has 4 N–H and O–H groups in total. The normalized spacial score (nSPS) is 12.4. The molecule has 1 aromatic heterocycles. The fourth-order valence-electron chi connectivity index (χ4n) is 3.77. The molecule has 3 aromatic carbocycles. The Morgan fingerprint density at radius 2 is 1.79 bits per heavy atom. The van der Waals surface area contributed by atoms with Gasteiger partial charge in [-0.1, -0.05) is 24.3 Å². The summed E-state index contributed by atoms with van der Waals surface area (Å²) in [5.74, 6) is 0.640. The Labute approximate surface area is 204 Å². The minimum atomic E-state index is -3.51. The molecule has 1 heterocycles. The van der Waals surface area contributed by atoms with Gasteiger partial charge in [0.15, 0.2) is 0 Å². The lowest BCUT2D eigenvalue weighted by atomic mass is 10.1. The van der Waals surface area contributed by atoms with E-state index in [-0.39, 0.29) is 29.9 Å². The zero-order valence-electron chi connectivity index (χ0n) is 18.9. The van der Waals surface area contributed by atoms with E-state index < -0.39 is 10.0 Å². The quantitative estimate of drug-likeness (QED) is 0.190. The molecule has 182 valence electrons. The van der Waals surface area contributed by atoms with E-state index in [9.17, 15) is 13.5 Å². The fourth-order valence-corrected chi connectivity index (χ4v) is 4.33. The van der Waals surface area contributed by atoms with Gasteiger partial charge in [0, 0.05) is 42.6 Å². The van der Waals surface area contributed by atoms with Crippen LogP contribution in [0.25, 0.3) is 21.8 Å². The number of sulfonamides is 1. The van der Waals surface area contributed by atoms with Crippen LogP contribution in [0.2, 0.25) is 0 Å². The van der Waals surface area contributed by atoms with E-state index in [4.69, 9.17) is 9.47 Å². The Kier molecular flexibility index (Phi) is 8.27. The minimum Gasteiger partial charge on any atom is -0.506 e. The van der Waals surface area contributed by atoms with Gasteiger partial charge in [-0.25, -0.2) is 8.42 Å². The number of anilines is 1. The van der Waals surface area contributed by atoms with Gasteiger partial charge >= 0.3 is 0 Å². The Hall–Kier alpha value is -2.98. The number of ether oxygens (including phenoxy) is 2. The van der Waals surface area contributed by atoms with Crippen LogP contribution in [0.1, 0.15) is 11.7 Å². The molecule has 34 heavy (non-hydrogen) atoms. The second kappa shape index (κ2) is 11.0. The number of phenolic OH excluding ortho intramolecular Hbond substituents is 1. The monoisotopic (exact) mass is 505 g/mol. The summed E-state index contributed by atoms with van der Waals surface area (Å²) in [7, 11) is -1.93. The molecule has 0 amide bonds. The van der Waals surface area contributed by atoms with Gasteiger partial charge in [0.05, 0.1) is 23.6 Å². The van der Waals surface area contributed by atoms with Crippen LogP contribution in [0.3, 0.4) is 0 Å². The number of rotatable bonds is 10. The lowest BCUT2D eigenvalue weighted by Gasteiger charge is -2.18. The van der Waals surface area contributed by atoms with Crippen molar-refractivity contribution in [3.8, 4) is 11.5 Å². The van der Waals surface area contributed by atoms with Crippen molar-refractivity contribution in [3.05, 3.63) is 66.2 Å². The number of benzene rings is 3. The molecule has 0 radical (unpaired) electrons. The van der Waals surface area contributed by atoms with Crippen LogP contribution in [0.4, 0.5) is 5.69 Å². The molecule has 0 fully saturated rings. The van der Waals surface area contributed by atoms with Crippen molar-refractivity contribution in [2.45, 2.75) is 6.10 Å². The van der Waals surface area contributed by atoms with Crippen molar-refractivity contribution >= 4 is 49.9 Å². The molecule has 0 saturated carbocycles. The molecule has 10 heteroatoms. The van der Waals surface area contributed by atoms with Gasteiger partial charge in [-0.05, 0) is 35.9 Å². The van der Waals surface area contributed by atoms with Crippen LogP contribution in [-0.2, 0) is 14.8 Å². The number of aromatic nitrogens is 1. The number of phenols is 1. The molecule has 0 aliphatic rings. The average molecular weight is 506 g/mol. The first-order valence-electron chi connectivity index (χ1n) is 10.5. The van der Waals surface area contributed by atoms with E-state index in [1.807, 2.05) is 24.3 Å². The van der Waals surface area contributed by atoms with Crippen molar-refractivity contribution in [2.24, 2.45) is 0 Å². The third kappa shape index (κ3) is 6.12. The highest BCUT2D eigenvalue weighted by atomic mass is 35.5. The van der Waals surface area contributed by atoms with E-state index in [0.717, 1.165) is 34.0 Å². The number of methoxy groups -OCH3 is 1. The van der Waals surface area contributed by atoms with Crippen LogP contribution in [-0.4, -0.2) is 51.6 Å². The van der Waals surface area contributed by atoms with Gasteiger partial charge in [0.2, 0.25) is 10.0 Å². The van der Waals surface area contributed by atoms with Gasteiger partial charge in [-0.3, -0.25) is 4.72 Å². The summed E-state index contributed by atoms with van der Waals surface area (Å²) in [6.07, 6.45) is 0.707. The van der Waals surface area contributed by atoms with E-state index in [1.165, 1.54) is 11.5 Å². The van der Waals surface area contributed by atoms with Crippen LogP contribution in [0, 0.1) is 0 Å². The standard InChI is InChI=1S/C24H27N3O5S.ClH/c1-31-24(16-7-10-23(28)22(13-16)27-33(2,29)30)15-25-11-12-32-17-8-9-19-18-5-3-4-6-20(18)26-21(19)14-17;/h3-10,13-14,24-28H,11-12,15H2,1-2H3;1H. The summed E-state index contributed by atoms with van der Waals surface area (Å²) in [5.41, 5.74) is 2.99. The first-order chi connectivity index (χ1) is 15.8. The van der Waals surface area contributed by atoms with Gasteiger partial charge < -0.3 is 24.9 Å². The molecule has 4 rings (SSSR count). The zero-order valence-corrected chi connectivity index (χ0v) is 20.5. The molecule has 0 aliphatic carbocycles. The molecule has 1 atom stereocenters. The number of nitrogens with one attached hydrogen (secondary N) is 3. The van der Waals surface area contributed by atoms with Crippen molar-refractivity contribution in [3.63, 3.8) is 0 Å². The fraction of sp³-hybridized carbons (Fsp3) is 0.250. The van der Waals surface area contributed by atoms with E-state index in [0.29, 0.717) is 19.7 Å². The summed E-state index contributed by atoms with van der Waals surface area (Å²) in [4.78, 5) is 3.41. The topological polar surface area (TPSA) is 113 Å². The SMILES string of the molecule is COC(CNCCOc1ccc2c(c1)[nH]c1ccccc12)c1ccc(O)c(NS(C)(=O)=O)c1.Cl. The number of halogens is 1. The number of hydrogen-bond donors (Lipinski definition) is 4. The van der Waals surface area contributed by atoms with Crippen LogP contribution >= 0.6 is 12.4 Å². The lowest BCUT2D eigenvalue weighted by Crippen LogP contribution is -2.27. The van der Waals surface area contributed by atoms with E-state index in [1.54, 1.807) is 19.2 Å². The highest BCUT2D eigenvalue weighted by Crippen LogP contribution is 2.29. The summed E-state index contributed by atoms with van der Waals surface area (Å²) < 4.78 is 36.7. The summed E-state index contributed by atoms with van der Waals surface area (Å²) >= 11 is 0. The molecule has 0 saturated heterocycles. The summed E-state index contributed by atoms with van der Waals surface area (Å²) in [6, 6.07) is 18.9. The van der Waals surface area contributed by atoms with Crippen molar-refractivity contribution < 1.29 is 23.0 Å². The Morgan fingerprint density at radius 3 is 2.56 bits per heavy atom. The maximum atomic E-state index is 11.5. The van der Waals surface area contributed by atoms with Gasteiger partial charge in [0.25, 0.3) is 0 Å². The largest absolute Gasteiger partial charge is 0.506 e. The van der Waals surface area contributed by atoms with Gasteiger partial charge in [0.1, 0.15) is 18.1 Å². The van der Waals surface area contributed by atoms with Gasteiger partial charge in [-0.2, -0.15) is 0 Å². The Morgan fingerprint density at radius 1 is 1.03 bits per heavy atom. The maximum absolute atomic E-state index is 11.5. The molecule has 0 bridgehead atoms. The predicted molar refractivity (Wildman–Crippen MR) is 138 cm³/mol. The highest BCUT2D eigenvalue weighted by molar-refractivity contribution is 7.92. The van der Waals surface area contributed by atoms with Crippen LogP contribution in [0.5, 0.6) is 11.5 Å². The average Bonchev–Trinajstić information content (AvgIpc) is 3.15. The molecular formula is C24H28ClN3O5S. The van der Waals surface area contributed by atoms with Crippen LogP contribution in [0.15, 0.2) is 60.7 Å². The minimum absolute atomic E-state index is 0. The second-order valence-electron chi connectivity index (χ2n) is 7.81. The third-order valence-corrected chi connectivity index (χ3v) is 5.92. The number of aromatic hydroxyl groups is 1. The lowest BCUT2D eigenvalue weighted by molar-refractivity contribution is 0.101. The Balaban J connectivity index is 0.00000324. The number of H-pyrrole nitrogens is 1. The maximum Gasteiger partial charge on any atom is 0.229 e. The van der Waals surface area contributed by atoms with Crippen molar-refractivity contribution in [1.82, 2.24) is 10.3 Å². The molecular weight excluding hydrogens is 478 g/mol. The molecule has 4 aromatic rings. The molecule has 8 nitrogen and oxygen atoms in total. The molecule has 1 unspecified atom stereocenters. The predicted octanol–water partition coefficient (Wildman–Crippen LogP) is 4.18. The number of fused-ring (bicyclic) bond motifs is 3.